The highest BCUT2D eigenvalue weighted by Crippen LogP contribution is 2.22. The van der Waals surface area contributed by atoms with E-state index in [2.05, 4.69) is 15.9 Å². The minimum absolute atomic E-state index is 0.0356. The number of benzene rings is 1. The predicted molar refractivity (Wildman–Crippen MR) is 76.2 cm³/mol. The van der Waals surface area contributed by atoms with Crippen molar-refractivity contribution in [3.63, 3.8) is 0 Å². The van der Waals surface area contributed by atoms with Crippen LogP contribution < -0.4 is 0 Å². The molecule has 0 fully saturated rings. The van der Waals surface area contributed by atoms with Crippen molar-refractivity contribution in [2.24, 2.45) is 0 Å². The minimum Gasteiger partial charge on any atom is -0.480 e. The topological polar surface area (TPSA) is 110 Å². The van der Waals surface area contributed by atoms with Gasteiger partial charge in [-0.05, 0) is 6.07 Å². The van der Waals surface area contributed by atoms with Crippen LogP contribution in [0.15, 0.2) is 22.7 Å². The Balaban J connectivity index is 3.07. The second kappa shape index (κ2) is 7.70. The maximum Gasteiger partial charge on any atom is 0.323 e. The SMILES string of the molecule is COCCN(CC(=O)O)C(=O)c1cc(Br)cc([N+](=O)[O-])c1. The van der Waals surface area contributed by atoms with Gasteiger partial charge in [0.05, 0.1) is 11.5 Å². The number of non-ortho nitro benzene ring substituents is 1. The maximum absolute atomic E-state index is 12.3. The van der Waals surface area contributed by atoms with Gasteiger partial charge in [-0.2, -0.15) is 0 Å². The lowest BCUT2D eigenvalue weighted by molar-refractivity contribution is -0.385. The van der Waals surface area contributed by atoms with Gasteiger partial charge >= 0.3 is 5.97 Å². The van der Waals surface area contributed by atoms with E-state index in [9.17, 15) is 19.7 Å². The molecular formula is C12H13BrN2O6. The molecule has 1 aromatic rings. The third-order valence-electron chi connectivity index (χ3n) is 2.52. The van der Waals surface area contributed by atoms with E-state index in [1.165, 1.54) is 19.2 Å². The van der Waals surface area contributed by atoms with E-state index in [1.807, 2.05) is 0 Å². The molecule has 0 radical (unpaired) electrons. The van der Waals surface area contributed by atoms with Crippen LogP contribution in [0.3, 0.4) is 0 Å². The molecule has 0 spiro atoms. The van der Waals surface area contributed by atoms with Gasteiger partial charge in [0.25, 0.3) is 11.6 Å². The van der Waals surface area contributed by atoms with E-state index in [0.29, 0.717) is 4.47 Å². The molecule has 1 aromatic carbocycles. The van der Waals surface area contributed by atoms with Crippen molar-refractivity contribution in [3.05, 3.63) is 38.3 Å². The molecule has 9 heteroatoms. The number of carboxylic acid groups (broad SMARTS) is 1. The molecule has 1 amide bonds. The van der Waals surface area contributed by atoms with Crippen LogP contribution in [-0.4, -0.2) is 53.6 Å². The van der Waals surface area contributed by atoms with Gasteiger partial charge in [0, 0.05) is 35.8 Å². The number of halogens is 1. The smallest absolute Gasteiger partial charge is 0.323 e. The Bertz CT molecular complexity index is 563. The van der Waals surface area contributed by atoms with E-state index >= 15 is 0 Å². The number of nitrogens with zero attached hydrogens (tertiary/aromatic N) is 2. The quantitative estimate of drug-likeness (QED) is 0.583. The van der Waals surface area contributed by atoms with Gasteiger partial charge in [0.15, 0.2) is 0 Å². The molecule has 0 unspecified atom stereocenters. The lowest BCUT2D eigenvalue weighted by atomic mass is 10.1. The largest absolute Gasteiger partial charge is 0.480 e. The normalized spacial score (nSPS) is 10.2. The Morgan fingerprint density at radius 2 is 2.10 bits per heavy atom. The average Bonchev–Trinajstić information content (AvgIpc) is 2.41. The van der Waals surface area contributed by atoms with Crippen molar-refractivity contribution in [1.29, 1.82) is 0 Å². The fraction of sp³-hybridized carbons (Fsp3) is 0.333. The van der Waals surface area contributed by atoms with Gasteiger partial charge in [-0.3, -0.25) is 19.7 Å². The van der Waals surface area contributed by atoms with E-state index in [4.69, 9.17) is 9.84 Å². The maximum atomic E-state index is 12.3. The van der Waals surface area contributed by atoms with Gasteiger partial charge in [-0.15, -0.1) is 0 Å². The van der Waals surface area contributed by atoms with Crippen LogP contribution in [0.5, 0.6) is 0 Å². The first-order chi connectivity index (χ1) is 9.85. The highest BCUT2D eigenvalue weighted by Gasteiger charge is 2.21. The molecule has 0 heterocycles. The number of nitro benzene ring substituents is 1. The molecule has 0 aromatic heterocycles. The standard InChI is InChI=1S/C12H13BrN2O6/c1-21-3-2-14(7-11(16)17)12(18)8-4-9(13)6-10(5-8)15(19)20/h4-6H,2-3,7H2,1H3,(H,16,17). The van der Waals surface area contributed by atoms with Gasteiger partial charge < -0.3 is 14.7 Å². The van der Waals surface area contributed by atoms with Crippen LogP contribution in [0.4, 0.5) is 5.69 Å². The zero-order chi connectivity index (χ0) is 16.0. The Morgan fingerprint density at radius 3 is 2.62 bits per heavy atom. The summed E-state index contributed by atoms with van der Waals surface area (Å²) >= 11 is 3.09. The fourth-order valence-electron chi connectivity index (χ4n) is 1.60. The van der Waals surface area contributed by atoms with Gasteiger partial charge in [0.2, 0.25) is 0 Å². The van der Waals surface area contributed by atoms with Crippen molar-refractivity contribution in [2.75, 3.05) is 26.8 Å². The molecule has 1 N–H and O–H groups in total. The monoisotopic (exact) mass is 360 g/mol. The molecular weight excluding hydrogens is 348 g/mol. The van der Waals surface area contributed by atoms with Crippen LogP contribution >= 0.6 is 15.9 Å². The molecule has 0 aliphatic rings. The summed E-state index contributed by atoms with van der Waals surface area (Å²) in [5, 5.41) is 19.6. The Hall–Kier alpha value is -2.00. The van der Waals surface area contributed by atoms with Crippen molar-refractivity contribution in [2.45, 2.75) is 0 Å². The lowest BCUT2D eigenvalue weighted by Gasteiger charge is -2.20. The second-order valence-electron chi connectivity index (χ2n) is 4.07. The Kier molecular flexibility index (Phi) is 6.25. The van der Waals surface area contributed by atoms with E-state index in [1.54, 1.807) is 0 Å². The van der Waals surface area contributed by atoms with Crippen LogP contribution in [0, 0.1) is 10.1 Å². The van der Waals surface area contributed by atoms with E-state index < -0.39 is 23.3 Å². The summed E-state index contributed by atoms with van der Waals surface area (Å²) in [4.78, 5) is 34.3. The number of carbonyl (C=O) groups is 2. The first-order valence-corrected chi connectivity index (χ1v) is 6.59. The van der Waals surface area contributed by atoms with Crippen molar-refractivity contribution in [1.82, 2.24) is 4.90 Å². The number of ether oxygens (including phenoxy) is 1. The van der Waals surface area contributed by atoms with Crippen LogP contribution in [0.25, 0.3) is 0 Å². The zero-order valence-corrected chi connectivity index (χ0v) is 12.7. The van der Waals surface area contributed by atoms with E-state index in [-0.39, 0.29) is 24.4 Å². The third-order valence-corrected chi connectivity index (χ3v) is 2.98. The third kappa shape index (κ3) is 5.12. The molecule has 0 aliphatic heterocycles. The number of aliphatic carboxylic acids is 1. The van der Waals surface area contributed by atoms with Crippen LogP contribution in [0.1, 0.15) is 10.4 Å². The van der Waals surface area contributed by atoms with Crippen LogP contribution in [0.2, 0.25) is 0 Å². The van der Waals surface area contributed by atoms with Gasteiger partial charge in [-0.25, -0.2) is 0 Å². The Labute approximate surface area is 128 Å². The molecule has 0 bridgehead atoms. The summed E-state index contributed by atoms with van der Waals surface area (Å²) in [5.41, 5.74) is -0.219. The second-order valence-corrected chi connectivity index (χ2v) is 4.98. The molecule has 114 valence electrons. The van der Waals surface area contributed by atoms with Crippen molar-refractivity contribution in [3.8, 4) is 0 Å². The zero-order valence-electron chi connectivity index (χ0n) is 11.1. The number of hydrogen-bond donors (Lipinski definition) is 1. The number of carboxylic acids is 1. The fourth-order valence-corrected chi connectivity index (χ4v) is 2.08. The van der Waals surface area contributed by atoms with Crippen molar-refractivity contribution >= 4 is 33.5 Å². The number of carbonyl (C=O) groups excluding carboxylic acids is 1. The summed E-state index contributed by atoms with van der Waals surface area (Å²) in [7, 11) is 1.42. The minimum atomic E-state index is -1.18. The molecule has 0 saturated heterocycles. The summed E-state index contributed by atoms with van der Waals surface area (Å²) in [5.74, 6) is -1.79. The molecule has 8 nitrogen and oxygen atoms in total. The molecule has 1 rings (SSSR count). The molecule has 0 saturated carbocycles. The number of methoxy groups -OCH3 is 1. The van der Waals surface area contributed by atoms with Crippen LogP contribution in [-0.2, 0) is 9.53 Å². The summed E-state index contributed by atoms with van der Waals surface area (Å²) in [6, 6.07) is 3.76. The summed E-state index contributed by atoms with van der Waals surface area (Å²) in [6.07, 6.45) is 0. The molecule has 0 atom stereocenters. The summed E-state index contributed by atoms with van der Waals surface area (Å²) in [6.45, 7) is -0.278. The highest BCUT2D eigenvalue weighted by molar-refractivity contribution is 9.10. The first-order valence-electron chi connectivity index (χ1n) is 5.80. The number of rotatable bonds is 7. The Morgan fingerprint density at radius 1 is 1.43 bits per heavy atom. The molecule has 0 aliphatic carbocycles. The average molecular weight is 361 g/mol. The lowest BCUT2D eigenvalue weighted by Crippen LogP contribution is -2.38. The molecule has 21 heavy (non-hydrogen) atoms. The highest BCUT2D eigenvalue weighted by atomic mass is 79.9. The van der Waals surface area contributed by atoms with Gasteiger partial charge in [-0.1, -0.05) is 15.9 Å². The number of hydrogen-bond acceptors (Lipinski definition) is 5. The van der Waals surface area contributed by atoms with Gasteiger partial charge in [0.1, 0.15) is 6.54 Å². The predicted octanol–water partition coefficient (Wildman–Crippen LogP) is 1.53. The number of amides is 1. The first kappa shape index (κ1) is 17.1. The summed E-state index contributed by atoms with van der Waals surface area (Å²) < 4.78 is 5.18. The van der Waals surface area contributed by atoms with E-state index in [0.717, 1.165) is 11.0 Å². The van der Waals surface area contributed by atoms with Crippen molar-refractivity contribution < 1.29 is 24.4 Å². The number of nitro groups is 1.